The molecule has 0 bridgehead atoms. The minimum absolute atomic E-state index is 0.00834. The van der Waals surface area contributed by atoms with Crippen molar-refractivity contribution < 1.29 is 4.79 Å². The molecule has 4 rings (SSSR count). The van der Waals surface area contributed by atoms with Gasteiger partial charge in [0.25, 0.3) is 0 Å². The molecule has 0 aliphatic carbocycles. The number of aryl methyl sites for hydroxylation is 2. The molecule has 1 N–H and O–H groups in total. The zero-order valence-corrected chi connectivity index (χ0v) is 17.4. The first kappa shape index (κ1) is 19.2. The van der Waals surface area contributed by atoms with Crippen LogP contribution in [0.3, 0.4) is 0 Å². The molecular weight excluding hydrogens is 366 g/mol. The topological polar surface area (TPSA) is 79.2 Å². The molecule has 4 heterocycles. The van der Waals surface area contributed by atoms with Crippen molar-refractivity contribution in [2.24, 2.45) is 17.9 Å². The van der Waals surface area contributed by atoms with Gasteiger partial charge in [-0.05, 0) is 6.92 Å². The van der Waals surface area contributed by atoms with Crippen LogP contribution in [0.4, 0.5) is 17.5 Å². The van der Waals surface area contributed by atoms with E-state index in [-0.39, 0.29) is 23.2 Å². The number of hydrogen-bond acceptors (Lipinski definition) is 6. The fourth-order valence-electron chi connectivity index (χ4n) is 4.61. The molecule has 2 aromatic rings. The Labute approximate surface area is 171 Å². The lowest BCUT2D eigenvalue weighted by molar-refractivity contribution is -0.129. The molecule has 0 spiro atoms. The molecule has 8 heteroatoms. The normalized spacial score (nSPS) is 25.8. The SMILES string of the molecule is C#CCC(=O)N1C[C@@]2(C)CN(c3nc(Nc4cnn(C)c4)ncc3C)C[C@@]2(C)C1. The van der Waals surface area contributed by atoms with Gasteiger partial charge >= 0.3 is 0 Å². The average molecular weight is 393 g/mol. The number of rotatable bonds is 4. The van der Waals surface area contributed by atoms with E-state index in [0.29, 0.717) is 5.95 Å². The lowest BCUT2D eigenvalue weighted by Crippen LogP contribution is -2.36. The standard InChI is InChI=1S/C21H27N7O/c1-6-7-17(29)27-11-20(3)13-28(14-21(20,4)12-27)18-15(2)8-22-19(25-18)24-16-9-23-26(5)10-16/h1,8-10H,7,11-14H2,2-5H3,(H,22,24,25)/t20-,21+. The fourth-order valence-corrected chi connectivity index (χ4v) is 4.61. The number of likely N-dealkylation sites (tertiary alicyclic amines) is 1. The van der Waals surface area contributed by atoms with Crippen molar-refractivity contribution in [3.63, 3.8) is 0 Å². The van der Waals surface area contributed by atoms with Crippen molar-refractivity contribution in [3.8, 4) is 12.3 Å². The maximum absolute atomic E-state index is 12.3. The molecule has 2 aromatic heterocycles. The molecule has 2 aliphatic rings. The van der Waals surface area contributed by atoms with E-state index < -0.39 is 0 Å². The summed E-state index contributed by atoms with van der Waals surface area (Å²) in [6.07, 6.45) is 11.0. The number of aromatic nitrogens is 4. The molecule has 0 radical (unpaired) electrons. The summed E-state index contributed by atoms with van der Waals surface area (Å²) in [5.74, 6) is 4.01. The third-order valence-electron chi connectivity index (χ3n) is 6.43. The Morgan fingerprint density at radius 3 is 2.52 bits per heavy atom. The Morgan fingerprint density at radius 2 is 1.93 bits per heavy atom. The molecule has 2 aliphatic heterocycles. The van der Waals surface area contributed by atoms with Crippen molar-refractivity contribution in [1.29, 1.82) is 0 Å². The van der Waals surface area contributed by atoms with Crippen LogP contribution >= 0.6 is 0 Å². The molecule has 2 fully saturated rings. The van der Waals surface area contributed by atoms with Gasteiger partial charge in [0.1, 0.15) is 5.82 Å². The smallest absolute Gasteiger partial charge is 0.234 e. The van der Waals surface area contributed by atoms with Crippen LogP contribution in [0.2, 0.25) is 0 Å². The summed E-state index contributed by atoms with van der Waals surface area (Å²) in [6, 6.07) is 0. The molecule has 0 unspecified atom stereocenters. The second-order valence-electron chi connectivity index (χ2n) is 8.84. The van der Waals surface area contributed by atoms with Gasteiger partial charge < -0.3 is 15.1 Å². The highest BCUT2D eigenvalue weighted by molar-refractivity contribution is 5.79. The maximum atomic E-state index is 12.3. The van der Waals surface area contributed by atoms with Crippen LogP contribution in [0.1, 0.15) is 25.8 Å². The Hall–Kier alpha value is -3.08. The lowest BCUT2D eigenvalue weighted by Gasteiger charge is -2.29. The second-order valence-corrected chi connectivity index (χ2v) is 8.84. The number of fused-ring (bicyclic) bond motifs is 1. The van der Waals surface area contributed by atoms with E-state index in [9.17, 15) is 4.79 Å². The maximum Gasteiger partial charge on any atom is 0.234 e. The molecule has 2 atom stereocenters. The average Bonchev–Trinajstić information content (AvgIpc) is 3.24. The molecular formula is C21H27N7O. The molecule has 0 saturated carbocycles. The molecule has 0 aromatic carbocycles. The van der Waals surface area contributed by atoms with E-state index in [0.717, 1.165) is 43.2 Å². The van der Waals surface area contributed by atoms with Gasteiger partial charge in [0.15, 0.2) is 0 Å². The van der Waals surface area contributed by atoms with Crippen LogP contribution in [-0.2, 0) is 11.8 Å². The monoisotopic (exact) mass is 393 g/mol. The summed E-state index contributed by atoms with van der Waals surface area (Å²) >= 11 is 0. The van der Waals surface area contributed by atoms with Gasteiger partial charge in [-0.3, -0.25) is 9.48 Å². The van der Waals surface area contributed by atoms with E-state index in [2.05, 4.69) is 40.1 Å². The van der Waals surface area contributed by atoms with E-state index >= 15 is 0 Å². The van der Waals surface area contributed by atoms with Crippen LogP contribution in [0.25, 0.3) is 0 Å². The highest BCUT2D eigenvalue weighted by atomic mass is 16.2. The van der Waals surface area contributed by atoms with Gasteiger partial charge in [-0.1, -0.05) is 19.8 Å². The predicted molar refractivity (Wildman–Crippen MR) is 112 cm³/mol. The third-order valence-corrected chi connectivity index (χ3v) is 6.43. The number of terminal acetylenes is 1. The van der Waals surface area contributed by atoms with Crippen molar-refractivity contribution in [2.45, 2.75) is 27.2 Å². The summed E-state index contributed by atoms with van der Waals surface area (Å²) < 4.78 is 1.73. The minimum atomic E-state index is -0.00834. The predicted octanol–water partition coefficient (Wildman–Crippen LogP) is 1.96. The summed E-state index contributed by atoms with van der Waals surface area (Å²) in [7, 11) is 1.87. The molecule has 2 saturated heterocycles. The highest BCUT2D eigenvalue weighted by Gasteiger charge is 2.58. The first-order chi connectivity index (χ1) is 13.7. The number of amides is 1. The van der Waals surface area contributed by atoms with Gasteiger partial charge in [-0.2, -0.15) is 10.1 Å². The van der Waals surface area contributed by atoms with E-state index in [4.69, 9.17) is 11.4 Å². The largest absolute Gasteiger partial charge is 0.355 e. The number of nitrogens with one attached hydrogen (secondary N) is 1. The first-order valence-electron chi connectivity index (χ1n) is 9.78. The van der Waals surface area contributed by atoms with Gasteiger partial charge in [0, 0.05) is 62.0 Å². The van der Waals surface area contributed by atoms with E-state index in [1.807, 2.05) is 31.3 Å². The van der Waals surface area contributed by atoms with Gasteiger partial charge in [0.2, 0.25) is 11.9 Å². The van der Waals surface area contributed by atoms with Crippen LogP contribution < -0.4 is 10.2 Å². The zero-order chi connectivity index (χ0) is 20.8. The zero-order valence-electron chi connectivity index (χ0n) is 17.4. The van der Waals surface area contributed by atoms with Crippen LogP contribution in [0.5, 0.6) is 0 Å². The lowest BCUT2D eigenvalue weighted by atomic mass is 9.71. The van der Waals surface area contributed by atoms with Crippen molar-refractivity contribution in [2.75, 3.05) is 36.4 Å². The van der Waals surface area contributed by atoms with Gasteiger partial charge in [-0.15, -0.1) is 6.42 Å². The van der Waals surface area contributed by atoms with Gasteiger partial charge in [0.05, 0.1) is 18.3 Å². The first-order valence-corrected chi connectivity index (χ1v) is 9.78. The number of hydrogen-bond donors (Lipinski definition) is 1. The Kier molecular flexibility index (Phi) is 4.49. The van der Waals surface area contributed by atoms with E-state index in [1.165, 1.54) is 0 Å². The van der Waals surface area contributed by atoms with Crippen LogP contribution in [0, 0.1) is 30.1 Å². The molecule has 152 valence electrons. The second kappa shape index (κ2) is 6.76. The van der Waals surface area contributed by atoms with Gasteiger partial charge in [-0.25, -0.2) is 4.98 Å². The summed E-state index contributed by atoms with van der Waals surface area (Å²) in [5.41, 5.74) is 1.87. The third kappa shape index (κ3) is 3.31. The van der Waals surface area contributed by atoms with Crippen LogP contribution in [-0.4, -0.2) is 56.7 Å². The summed E-state index contributed by atoms with van der Waals surface area (Å²) in [4.78, 5) is 25.8. The number of nitrogens with zero attached hydrogens (tertiary/aromatic N) is 6. The number of carbonyl (C=O) groups excluding carboxylic acids is 1. The van der Waals surface area contributed by atoms with Crippen molar-refractivity contribution in [1.82, 2.24) is 24.6 Å². The Balaban J connectivity index is 1.54. The fraction of sp³-hybridized carbons (Fsp3) is 0.524. The number of carbonyl (C=O) groups is 1. The van der Waals surface area contributed by atoms with E-state index in [1.54, 1.807) is 10.9 Å². The quantitative estimate of drug-likeness (QED) is 0.800. The molecule has 29 heavy (non-hydrogen) atoms. The molecule has 8 nitrogen and oxygen atoms in total. The highest BCUT2D eigenvalue weighted by Crippen LogP contribution is 2.52. The van der Waals surface area contributed by atoms with Crippen LogP contribution in [0.15, 0.2) is 18.6 Å². The Morgan fingerprint density at radius 1 is 1.24 bits per heavy atom. The van der Waals surface area contributed by atoms with Crippen molar-refractivity contribution >= 4 is 23.4 Å². The minimum Gasteiger partial charge on any atom is -0.355 e. The molecule has 1 amide bonds. The van der Waals surface area contributed by atoms with Crippen molar-refractivity contribution in [3.05, 3.63) is 24.2 Å². The Bertz CT molecular complexity index is 973. The summed E-state index contributed by atoms with van der Waals surface area (Å²) in [6.45, 7) is 9.70. The number of anilines is 3. The summed E-state index contributed by atoms with van der Waals surface area (Å²) in [5, 5.41) is 7.38.